The molecule has 0 saturated carbocycles. The normalized spacial score (nSPS) is 28.2. The number of carbonyl (C=O) groups excluding carboxylic acids is 6. The van der Waals surface area contributed by atoms with Crippen molar-refractivity contribution in [2.45, 2.75) is 151 Å². The lowest BCUT2D eigenvalue weighted by Gasteiger charge is -2.35. The molecule has 3 aromatic carbocycles. The first-order valence-corrected chi connectivity index (χ1v) is 29.4. The topological polar surface area (TPSA) is 200 Å². The molecule has 4 saturated heterocycles. The van der Waals surface area contributed by atoms with Crippen molar-refractivity contribution in [2.75, 3.05) is 38.8 Å². The van der Waals surface area contributed by atoms with Crippen molar-refractivity contribution < 1.29 is 38.2 Å². The summed E-state index contributed by atoms with van der Waals surface area (Å²) in [5, 5.41) is 18.0. The number of fused-ring (bicyclic) bond motifs is 4. The molecule has 0 unspecified atom stereocenters. The Hall–Kier alpha value is -5.86. The van der Waals surface area contributed by atoms with Gasteiger partial charge in [-0.2, -0.15) is 0 Å². The Morgan fingerprint density at radius 2 is 1.03 bits per heavy atom. The van der Waals surface area contributed by atoms with Gasteiger partial charge in [0.05, 0.1) is 47.1 Å². The summed E-state index contributed by atoms with van der Waals surface area (Å²) < 4.78 is 12.9. The van der Waals surface area contributed by atoms with Gasteiger partial charge in [-0.3, -0.25) is 28.8 Å². The fourth-order valence-corrected chi connectivity index (χ4v) is 15.2. The third-order valence-electron chi connectivity index (χ3n) is 16.4. The van der Waals surface area contributed by atoms with Gasteiger partial charge in [0.1, 0.15) is 37.4 Å². The summed E-state index contributed by atoms with van der Waals surface area (Å²) in [6.45, 7) is 11.9. The van der Waals surface area contributed by atoms with Gasteiger partial charge in [-0.05, 0) is 116 Å². The molecule has 414 valence electrons. The fourth-order valence-electron chi connectivity index (χ4n) is 12.0. The molecule has 4 fully saturated rings. The second-order valence-electron chi connectivity index (χ2n) is 22.7. The van der Waals surface area contributed by atoms with Gasteiger partial charge in [-0.25, -0.2) is 0 Å². The van der Waals surface area contributed by atoms with E-state index in [-0.39, 0.29) is 59.4 Å². The zero-order valence-electron chi connectivity index (χ0n) is 45.9. The largest absolute Gasteiger partial charge is 0.363 e. The molecule has 12 atom stereocenters. The number of benzene rings is 3. The number of carbonyl (C=O) groups is 6. The van der Waals surface area contributed by atoms with Crippen LogP contribution in [-0.2, 0) is 51.1 Å². The molecule has 0 bridgehead atoms. The number of thioether (sulfide) groups is 2. The van der Waals surface area contributed by atoms with Crippen LogP contribution in [0.25, 0.3) is 0 Å². The van der Waals surface area contributed by atoms with Gasteiger partial charge in [0.25, 0.3) is 0 Å². The number of nitrogens with zero attached hydrogens (tertiary/aromatic N) is 2. The van der Waals surface area contributed by atoms with Crippen molar-refractivity contribution >= 4 is 59.0 Å². The Labute approximate surface area is 467 Å². The van der Waals surface area contributed by atoms with E-state index in [1.165, 1.54) is 0 Å². The second-order valence-corrected chi connectivity index (χ2v) is 25.3. The number of ether oxygens (including phenoxy) is 2. The van der Waals surface area contributed by atoms with Crippen molar-refractivity contribution in [3.63, 3.8) is 0 Å². The molecule has 78 heavy (non-hydrogen) atoms. The van der Waals surface area contributed by atoms with Gasteiger partial charge in [-0.1, -0.05) is 106 Å². The summed E-state index contributed by atoms with van der Waals surface area (Å²) in [4.78, 5) is 86.9. The van der Waals surface area contributed by atoms with E-state index in [2.05, 4.69) is 55.6 Å². The van der Waals surface area contributed by atoms with Crippen molar-refractivity contribution in [2.24, 2.45) is 10.8 Å². The number of rotatable bonds is 14. The highest BCUT2D eigenvalue weighted by atomic mass is 32.2. The van der Waals surface area contributed by atoms with Crippen LogP contribution in [0.4, 0.5) is 0 Å². The molecular formula is C60H74N8O8S2. The average Bonchev–Trinajstić information content (AvgIpc) is 4.27. The first kappa shape index (κ1) is 56.8. The maximum absolute atomic E-state index is 14.6. The smallest absolute Gasteiger partial charge is 0.246 e. The average molecular weight is 1100 g/mol. The minimum atomic E-state index is -0.748. The minimum Gasteiger partial charge on any atom is -0.363 e. The molecule has 6 aliphatic rings. The van der Waals surface area contributed by atoms with Crippen LogP contribution >= 0.6 is 23.5 Å². The number of hydrogen-bond donors (Lipinski definition) is 6. The standard InChI is InChI=1S/C60H74N8O8S2/c1-35(61-7)53(69)63-43-24-28-77-47-33-59(3,4)51(67(47)57(43)73)55(71)65-49-41-22-11-9-20-39(41)31-45(49)75-26-14-18-37-16-13-17-38(30-37)19-15-27-76-46-32-40-21-10-12-23-42(40)50(46)66-56(72)52-60(5,6)34-48-68(52)58(74)44(25-29-78-48)64-54(70)36(2)62-8/h9-13,16-17,20-23,30,35-36,43-52,61-62H,24-29,31-34H2,1-8H3,(H,63,69)(H,64,70)(H,65,71)(H,66,72)/t35-,36-,43-,44-,45+,46+,47-,48-,49-,50-,51+,52+/m0/s1. The van der Waals surface area contributed by atoms with Crippen molar-refractivity contribution in [1.82, 2.24) is 41.7 Å². The molecule has 0 radical (unpaired) electrons. The first-order valence-electron chi connectivity index (χ1n) is 27.3. The summed E-state index contributed by atoms with van der Waals surface area (Å²) >= 11 is 3.33. The van der Waals surface area contributed by atoms with Crippen molar-refractivity contribution in [3.8, 4) is 23.7 Å². The molecule has 18 heteroatoms. The number of hydrogen-bond acceptors (Lipinski definition) is 12. The zero-order chi connectivity index (χ0) is 55.5. The maximum Gasteiger partial charge on any atom is 0.246 e. The van der Waals surface area contributed by atoms with Crippen LogP contribution in [0.15, 0.2) is 72.8 Å². The van der Waals surface area contributed by atoms with Crippen molar-refractivity contribution in [1.29, 1.82) is 0 Å². The minimum absolute atomic E-state index is 0.113. The molecule has 3 aromatic rings. The van der Waals surface area contributed by atoms with E-state index in [1.54, 1.807) is 61.3 Å². The second kappa shape index (κ2) is 24.2. The monoisotopic (exact) mass is 1100 g/mol. The molecule has 0 spiro atoms. The molecular weight excluding hydrogens is 1020 g/mol. The SMILES string of the molecule is CN[C@@H](C)C(=O)N[C@H]1CCS[C@H]2CC(C)(C)[C@@H](C(=O)N[C@H]3c4ccccc4C[C@H]3OCC#Cc3cccc(C#CCO[C@@H]4Cc5ccccc5[C@@H]4NC(=O)[C@H]4N5C(=O)[C@@H](NC(=O)[C@H](C)NC)CCS[C@H]5CC4(C)C)c3)N2C1=O. The number of nitrogens with one attached hydrogen (secondary N) is 6. The zero-order valence-corrected chi connectivity index (χ0v) is 47.5. The predicted octanol–water partition coefficient (Wildman–Crippen LogP) is 4.35. The lowest BCUT2D eigenvalue weighted by atomic mass is 9.83. The van der Waals surface area contributed by atoms with Crippen LogP contribution in [0.2, 0.25) is 0 Å². The molecule has 4 heterocycles. The number of amides is 6. The van der Waals surface area contributed by atoms with E-state index < -0.39 is 71.4 Å². The quantitative estimate of drug-likeness (QED) is 0.125. The third-order valence-corrected chi connectivity index (χ3v) is 18.9. The molecule has 2 aliphatic carbocycles. The van der Waals surface area contributed by atoms with Crippen LogP contribution in [0.3, 0.4) is 0 Å². The molecule has 0 aromatic heterocycles. The molecule has 6 amide bonds. The van der Waals surface area contributed by atoms with Gasteiger partial charge in [0.2, 0.25) is 35.4 Å². The van der Waals surface area contributed by atoms with E-state index in [4.69, 9.17) is 9.47 Å². The van der Waals surface area contributed by atoms with Crippen molar-refractivity contribution in [3.05, 3.63) is 106 Å². The summed E-state index contributed by atoms with van der Waals surface area (Å²) in [6, 6.07) is 18.8. The predicted molar refractivity (Wildman–Crippen MR) is 302 cm³/mol. The maximum atomic E-state index is 14.6. The highest BCUT2D eigenvalue weighted by molar-refractivity contribution is 8.00. The third kappa shape index (κ3) is 12.1. The Bertz CT molecular complexity index is 2720. The van der Waals surface area contributed by atoms with Crippen LogP contribution in [0, 0.1) is 34.5 Å². The van der Waals surface area contributed by atoms with Gasteiger partial charge in [0.15, 0.2) is 0 Å². The molecule has 16 nitrogen and oxygen atoms in total. The van der Waals surface area contributed by atoms with Crippen LogP contribution in [0.1, 0.15) is 113 Å². The Balaban J connectivity index is 0.822. The Kier molecular flexibility index (Phi) is 17.7. The van der Waals surface area contributed by atoms with E-state index in [0.29, 0.717) is 50.0 Å². The van der Waals surface area contributed by atoms with E-state index in [9.17, 15) is 28.8 Å². The summed E-state index contributed by atoms with van der Waals surface area (Å²) in [6.07, 6.45) is 2.65. The highest BCUT2D eigenvalue weighted by Gasteiger charge is 2.57. The van der Waals surface area contributed by atoms with Gasteiger partial charge in [-0.15, -0.1) is 23.5 Å². The number of likely N-dealkylation sites (N-methyl/N-ethyl adjacent to an activating group) is 2. The van der Waals surface area contributed by atoms with Crippen LogP contribution in [0.5, 0.6) is 0 Å². The fraction of sp³-hybridized carbons (Fsp3) is 0.533. The van der Waals surface area contributed by atoms with Crippen LogP contribution in [-0.4, -0.2) is 143 Å². The van der Waals surface area contributed by atoms with Gasteiger partial charge < -0.3 is 51.2 Å². The van der Waals surface area contributed by atoms with Crippen LogP contribution < -0.4 is 31.9 Å². The summed E-state index contributed by atoms with van der Waals surface area (Å²) in [5.74, 6) is 12.7. The lowest BCUT2D eigenvalue weighted by Crippen LogP contribution is -2.58. The van der Waals surface area contributed by atoms with E-state index >= 15 is 0 Å². The highest BCUT2D eigenvalue weighted by Crippen LogP contribution is 2.48. The first-order chi connectivity index (χ1) is 37.4. The van der Waals surface area contributed by atoms with E-state index in [1.807, 2.05) is 100 Å². The van der Waals surface area contributed by atoms with Gasteiger partial charge in [0, 0.05) is 24.0 Å². The Morgan fingerprint density at radius 3 is 1.44 bits per heavy atom. The van der Waals surface area contributed by atoms with E-state index in [0.717, 1.165) is 33.4 Å². The lowest BCUT2D eigenvalue weighted by molar-refractivity contribution is -0.144. The summed E-state index contributed by atoms with van der Waals surface area (Å²) in [5.41, 5.74) is 4.57. The molecule has 4 aliphatic heterocycles. The Morgan fingerprint density at radius 1 is 0.615 bits per heavy atom. The summed E-state index contributed by atoms with van der Waals surface area (Å²) in [7, 11) is 3.40. The molecule has 9 rings (SSSR count). The van der Waals surface area contributed by atoms with Gasteiger partial charge >= 0.3 is 0 Å². The molecule has 6 N–H and O–H groups in total.